The fourth-order valence-corrected chi connectivity index (χ4v) is 4.64. The van der Waals surface area contributed by atoms with E-state index in [1.54, 1.807) is 7.11 Å². The van der Waals surface area contributed by atoms with E-state index in [-0.39, 0.29) is 17.7 Å². The average Bonchev–Trinajstić information content (AvgIpc) is 2.81. The fraction of sp³-hybridized carbons (Fsp3) is 0.440. The first-order chi connectivity index (χ1) is 15.1. The number of nitrogens with one attached hydrogen (secondary N) is 1. The van der Waals surface area contributed by atoms with Crippen LogP contribution in [0.25, 0.3) is 0 Å². The number of likely N-dealkylation sites (tertiary alicyclic amines) is 1. The number of carbonyl (C=O) groups is 2. The molecule has 6 nitrogen and oxygen atoms in total. The quantitative estimate of drug-likeness (QED) is 0.796. The van der Waals surface area contributed by atoms with Crippen LogP contribution in [0.5, 0.6) is 5.75 Å². The highest BCUT2D eigenvalue weighted by Crippen LogP contribution is 2.41. The van der Waals surface area contributed by atoms with Crippen LogP contribution in [0, 0.1) is 5.92 Å². The van der Waals surface area contributed by atoms with E-state index in [2.05, 4.69) is 23.2 Å². The molecule has 2 heterocycles. The van der Waals surface area contributed by atoms with Gasteiger partial charge in [-0.15, -0.1) is 0 Å². The number of hydrogen-bond acceptors (Lipinski definition) is 4. The standard InChI is InChI=1S/C25H31N3O3/c1-18-11-14-28(24-21(18)9-6-10-22(24)31-2)17-23(29)27-15-12-19(13-16-27)25(30)26-20-7-4-3-5-8-20/h3-10,18-19H,11-17H2,1-2H3,(H,26,30)/t18-/m1/s1. The van der Waals surface area contributed by atoms with Crippen LogP contribution in [0.4, 0.5) is 11.4 Å². The minimum atomic E-state index is -0.0547. The number of methoxy groups -OCH3 is 1. The summed E-state index contributed by atoms with van der Waals surface area (Å²) in [5.41, 5.74) is 3.11. The van der Waals surface area contributed by atoms with Gasteiger partial charge in [-0.05, 0) is 48.9 Å². The number of anilines is 2. The van der Waals surface area contributed by atoms with Crippen molar-refractivity contribution in [2.45, 2.75) is 32.1 Å². The van der Waals surface area contributed by atoms with Gasteiger partial charge in [-0.3, -0.25) is 9.59 Å². The predicted molar refractivity (Wildman–Crippen MR) is 123 cm³/mol. The number of rotatable bonds is 5. The summed E-state index contributed by atoms with van der Waals surface area (Å²) in [6.07, 6.45) is 2.41. The van der Waals surface area contributed by atoms with Gasteiger partial charge in [0.15, 0.2) is 0 Å². The maximum Gasteiger partial charge on any atom is 0.242 e. The number of amides is 2. The summed E-state index contributed by atoms with van der Waals surface area (Å²) < 4.78 is 5.60. The molecule has 1 saturated heterocycles. The maximum atomic E-state index is 13.1. The summed E-state index contributed by atoms with van der Waals surface area (Å²) in [6.45, 7) is 4.66. The summed E-state index contributed by atoms with van der Waals surface area (Å²) in [5.74, 6) is 1.39. The second kappa shape index (κ2) is 9.41. The van der Waals surface area contributed by atoms with E-state index in [9.17, 15) is 9.59 Å². The van der Waals surface area contributed by atoms with Crippen molar-refractivity contribution in [1.29, 1.82) is 0 Å². The van der Waals surface area contributed by atoms with Gasteiger partial charge in [-0.25, -0.2) is 0 Å². The Morgan fingerprint density at radius 1 is 1.00 bits per heavy atom. The van der Waals surface area contributed by atoms with Crippen LogP contribution >= 0.6 is 0 Å². The molecule has 2 aromatic rings. The Morgan fingerprint density at radius 2 is 1.74 bits per heavy atom. The largest absolute Gasteiger partial charge is 0.495 e. The Morgan fingerprint density at radius 3 is 2.45 bits per heavy atom. The van der Waals surface area contributed by atoms with E-state index in [1.807, 2.05) is 47.4 Å². The molecule has 2 aromatic carbocycles. The normalized spacial score (nSPS) is 19.0. The molecule has 2 aliphatic heterocycles. The van der Waals surface area contributed by atoms with Crippen molar-refractivity contribution in [3.05, 3.63) is 54.1 Å². The lowest BCUT2D eigenvalue weighted by molar-refractivity contribution is -0.133. The molecule has 1 fully saturated rings. The molecule has 1 atom stereocenters. The van der Waals surface area contributed by atoms with Crippen molar-refractivity contribution in [2.75, 3.05) is 43.5 Å². The predicted octanol–water partition coefficient (Wildman–Crippen LogP) is 3.89. The number of nitrogens with zero attached hydrogens (tertiary/aromatic N) is 2. The molecule has 0 spiro atoms. The topological polar surface area (TPSA) is 61.9 Å². The first-order valence-corrected chi connectivity index (χ1v) is 11.1. The molecular formula is C25H31N3O3. The highest BCUT2D eigenvalue weighted by Gasteiger charge is 2.31. The monoisotopic (exact) mass is 421 g/mol. The van der Waals surface area contributed by atoms with Crippen LogP contribution < -0.4 is 15.0 Å². The SMILES string of the molecule is COc1cccc2c1N(CC(=O)N1CCC(C(=O)Nc3ccccc3)CC1)CC[C@H]2C. The Bertz CT molecular complexity index is 923. The number of hydrogen-bond donors (Lipinski definition) is 1. The number of benzene rings is 2. The van der Waals surface area contributed by atoms with Crippen LogP contribution in [-0.4, -0.2) is 50.0 Å². The van der Waals surface area contributed by atoms with Gasteiger partial charge in [-0.2, -0.15) is 0 Å². The summed E-state index contributed by atoms with van der Waals surface area (Å²) in [5, 5.41) is 2.98. The molecule has 2 amide bonds. The van der Waals surface area contributed by atoms with Gasteiger partial charge < -0.3 is 19.9 Å². The molecule has 0 radical (unpaired) electrons. The van der Waals surface area contributed by atoms with E-state index < -0.39 is 0 Å². The first kappa shape index (κ1) is 21.2. The van der Waals surface area contributed by atoms with E-state index in [0.717, 1.165) is 30.1 Å². The van der Waals surface area contributed by atoms with E-state index in [1.165, 1.54) is 5.56 Å². The Hall–Kier alpha value is -3.02. The number of para-hydroxylation sites is 2. The second-order valence-electron chi connectivity index (χ2n) is 8.52. The molecule has 4 rings (SSSR count). The molecule has 2 aliphatic rings. The van der Waals surface area contributed by atoms with Gasteiger partial charge in [0, 0.05) is 31.2 Å². The molecule has 0 unspecified atom stereocenters. The third kappa shape index (κ3) is 4.68. The lowest BCUT2D eigenvalue weighted by Crippen LogP contribution is -2.46. The Balaban J connectivity index is 1.35. The highest BCUT2D eigenvalue weighted by atomic mass is 16.5. The zero-order valence-corrected chi connectivity index (χ0v) is 18.3. The van der Waals surface area contributed by atoms with Crippen molar-refractivity contribution < 1.29 is 14.3 Å². The zero-order valence-electron chi connectivity index (χ0n) is 18.3. The molecular weight excluding hydrogens is 390 g/mol. The van der Waals surface area contributed by atoms with Crippen LogP contribution in [0.15, 0.2) is 48.5 Å². The van der Waals surface area contributed by atoms with E-state index in [0.29, 0.717) is 38.4 Å². The van der Waals surface area contributed by atoms with Crippen molar-refractivity contribution in [2.24, 2.45) is 5.92 Å². The van der Waals surface area contributed by atoms with Crippen molar-refractivity contribution in [3.63, 3.8) is 0 Å². The van der Waals surface area contributed by atoms with Crippen LogP contribution in [0.3, 0.4) is 0 Å². The minimum Gasteiger partial charge on any atom is -0.495 e. The third-order valence-corrected chi connectivity index (χ3v) is 6.52. The van der Waals surface area contributed by atoms with Gasteiger partial charge in [0.25, 0.3) is 0 Å². The van der Waals surface area contributed by atoms with Gasteiger partial charge in [0.1, 0.15) is 5.75 Å². The molecule has 0 aromatic heterocycles. The fourth-order valence-electron chi connectivity index (χ4n) is 4.64. The summed E-state index contributed by atoms with van der Waals surface area (Å²) in [4.78, 5) is 29.7. The van der Waals surface area contributed by atoms with Crippen LogP contribution in [0.1, 0.15) is 37.7 Å². The first-order valence-electron chi connectivity index (χ1n) is 11.1. The third-order valence-electron chi connectivity index (χ3n) is 6.52. The minimum absolute atomic E-state index is 0.0435. The molecule has 0 aliphatic carbocycles. The molecule has 6 heteroatoms. The summed E-state index contributed by atoms with van der Waals surface area (Å²) >= 11 is 0. The Labute approximate surface area is 184 Å². The van der Waals surface area contributed by atoms with E-state index >= 15 is 0 Å². The second-order valence-corrected chi connectivity index (χ2v) is 8.52. The number of carbonyl (C=O) groups excluding carboxylic acids is 2. The van der Waals surface area contributed by atoms with Crippen LogP contribution in [-0.2, 0) is 9.59 Å². The summed E-state index contributed by atoms with van der Waals surface area (Å²) in [6, 6.07) is 15.6. The number of ether oxygens (including phenoxy) is 1. The lowest BCUT2D eigenvalue weighted by Gasteiger charge is -2.37. The van der Waals surface area contributed by atoms with Crippen LogP contribution in [0.2, 0.25) is 0 Å². The number of piperidine rings is 1. The van der Waals surface area contributed by atoms with Crippen molar-refractivity contribution in [1.82, 2.24) is 4.90 Å². The maximum absolute atomic E-state index is 13.1. The molecule has 31 heavy (non-hydrogen) atoms. The summed E-state index contributed by atoms with van der Waals surface area (Å²) in [7, 11) is 1.68. The lowest BCUT2D eigenvalue weighted by atomic mass is 9.91. The zero-order chi connectivity index (χ0) is 21.8. The molecule has 0 bridgehead atoms. The van der Waals surface area contributed by atoms with E-state index in [4.69, 9.17) is 4.74 Å². The van der Waals surface area contributed by atoms with Gasteiger partial charge in [-0.1, -0.05) is 37.3 Å². The smallest absolute Gasteiger partial charge is 0.242 e. The number of fused-ring (bicyclic) bond motifs is 1. The van der Waals surface area contributed by atoms with Crippen molar-refractivity contribution in [3.8, 4) is 5.75 Å². The average molecular weight is 422 g/mol. The molecule has 1 N–H and O–H groups in total. The highest BCUT2D eigenvalue weighted by molar-refractivity contribution is 5.92. The Kier molecular flexibility index (Phi) is 6.44. The van der Waals surface area contributed by atoms with Crippen molar-refractivity contribution >= 4 is 23.2 Å². The molecule has 164 valence electrons. The van der Waals surface area contributed by atoms with Gasteiger partial charge in [0.05, 0.1) is 19.3 Å². The molecule has 0 saturated carbocycles. The van der Waals surface area contributed by atoms with Gasteiger partial charge in [0.2, 0.25) is 11.8 Å². The van der Waals surface area contributed by atoms with Gasteiger partial charge >= 0.3 is 0 Å².